The fourth-order valence-corrected chi connectivity index (χ4v) is 8.32. The van der Waals surface area contributed by atoms with E-state index in [2.05, 4.69) is 74.4 Å². The van der Waals surface area contributed by atoms with Gasteiger partial charge in [-0.1, -0.05) is 76.6 Å². The highest BCUT2D eigenvalue weighted by atomic mass is 16.5. The number of methoxy groups -OCH3 is 2. The van der Waals surface area contributed by atoms with Gasteiger partial charge in [0.15, 0.2) is 0 Å². The molecule has 57 heavy (non-hydrogen) atoms. The van der Waals surface area contributed by atoms with Gasteiger partial charge < -0.3 is 40.3 Å². The van der Waals surface area contributed by atoms with E-state index in [1.807, 2.05) is 44.9 Å². The predicted octanol–water partition coefficient (Wildman–Crippen LogP) is 6.95. The normalized spacial score (nSPS) is 19.2. The Morgan fingerprint density at radius 3 is 2.16 bits per heavy atom. The van der Waals surface area contributed by atoms with Crippen molar-refractivity contribution in [1.29, 1.82) is 0 Å². The summed E-state index contributed by atoms with van der Waals surface area (Å²) in [7, 11) is 2.58. The third-order valence-corrected chi connectivity index (χ3v) is 11.5. The number of aromatic nitrogens is 4. The number of hydrogen-bond acceptors (Lipinski definition) is 8. The summed E-state index contributed by atoms with van der Waals surface area (Å²) in [6.45, 7) is 8.18. The SMILES string of the molecule is COC(=O)NC(C(=O)NC1CCCC1c1ncc(-c2ccc(-c3ccc4c(ccc5[nH]c(C6CCCN6C(=O)C(NC(=O)OC)C(C)C)nc54)c3)cc2)[nH]1)C(C)C. The van der Waals surface area contributed by atoms with E-state index in [1.54, 1.807) is 0 Å². The van der Waals surface area contributed by atoms with Gasteiger partial charge in [0, 0.05) is 23.9 Å². The number of H-pyrrole nitrogens is 2. The Bertz CT molecular complexity index is 2260. The molecule has 300 valence electrons. The zero-order chi connectivity index (χ0) is 40.4. The number of aromatic amines is 2. The maximum absolute atomic E-state index is 13.7. The van der Waals surface area contributed by atoms with E-state index in [4.69, 9.17) is 19.4 Å². The number of carbonyl (C=O) groups is 4. The van der Waals surface area contributed by atoms with Crippen molar-refractivity contribution >= 4 is 45.8 Å². The van der Waals surface area contributed by atoms with Crippen LogP contribution < -0.4 is 16.0 Å². The van der Waals surface area contributed by atoms with Crippen molar-refractivity contribution in [1.82, 2.24) is 40.8 Å². The highest BCUT2D eigenvalue weighted by Gasteiger charge is 2.38. The lowest BCUT2D eigenvalue weighted by Gasteiger charge is -2.29. The third kappa shape index (κ3) is 8.16. The molecule has 14 heteroatoms. The molecule has 3 aromatic carbocycles. The minimum Gasteiger partial charge on any atom is -0.453 e. The monoisotopic (exact) mass is 776 g/mol. The summed E-state index contributed by atoms with van der Waals surface area (Å²) in [6.07, 6.45) is 4.92. The zero-order valence-electron chi connectivity index (χ0n) is 33.3. The number of imidazole rings is 2. The van der Waals surface area contributed by atoms with Gasteiger partial charge in [-0.15, -0.1) is 0 Å². The van der Waals surface area contributed by atoms with Gasteiger partial charge in [-0.2, -0.15) is 0 Å². The van der Waals surface area contributed by atoms with Crippen LogP contribution in [0, 0.1) is 11.8 Å². The largest absolute Gasteiger partial charge is 0.453 e. The van der Waals surface area contributed by atoms with Crippen LogP contribution in [0.2, 0.25) is 0 Å². The Labute approximate surface area is 331 Å². The molecule has 5 unspecified atom stereocenters. The van der Waals surface area contributed by atoms with Gasteiger partial charge in [0.2, 0.25) is 11.8 Å². The lowest BCUT2D eigenvalue weighted by atomic mass is 9.99. The zero-order valence-corrected chi connectivity index (χ0v) is 33.3. The molecule has 4 amide bonds. The second-order valence-electron chi connectivity index (χ2n) is 15.8. The number of nitrogens with zero attached hydrogens (tertiary/aromatic N) is 3. The smallest absolute Gasteiger partial charge is 0.407 e. The van der Waals surface area contributed by atoms with Crippen molar-refractivity contribution in [3.05, 3.63) is 72.4 Å². The molecule has 1 saturated carbocycles. The summed E-state index contributed by atoms with van der Waals surface area (Å²) < 4.78 is 9.51. The molecule has 0 bridgehead atoms. The number of nitrogens with one attached hydrogen (secondary N) is 5. The molecule has 5 N–H and O–H groups in total. The first-order valence-corrected chi connectivity index (χ1v) is 19.8. The molecule has 1 aliphatic heterocycles. The number of benzene rings is 3. The number of amides is 4. The summed E-state index contributed by atoms with van der Waals surface area (Å²) in [5, 5.41) is 10.6. The van der Waals surface area contributed by atoms with Gasteiger partial charge in [-0.25, -0.2) is 19.6 Å². The van der Waals surface area contributed by atoms with Crippen LogP contribution >= 0.6 is 0 Å². The standard InChI is InChI=1S/C43H52N8O6/c1-23(2)35(49-42(54)56-5)40(52)47-31-10-7-9-30(31)38-44-22-33(46-38)26-14-12-25(13-15-26)27-16-18-29-28(21-27)17-19-32-37(29)48-39(45-32)34-11-8-20-51(34)41(53)36(24(3)4)50-43(55)57-6/h12-19,21-24,30-31,34-36H,7-11,20H2,1-6H3,(H,44,46)(H,45,48)(H,47,52)(H,49,54)(H,50,55). The Morgan fingerprint density at radius 1 is 0.772 bits per heavy atom. The maximum Gasteiger partial charge on any atom is 0.407 e. The van der Waals surface area contributed by atoms with Crippen LogP contribution in [-0.4, -0.2) is 87.7 Å². The van der Waals surface area contributed by atoms with Crippen LogP contribution in [0.15, 0.2) is 60.8 Å². The Kier molecular flexibility index (Phi) is 11.5. The number of carbonyl (C=O) groups excluding carboxylic acids is 4. The van der Waals surface area contributed by atoms with E-state index < -0.39 is 24.3 Å². The van der Waals surface area contributed by atoms with E-state index in [1.165, 1.54) is 14.2 Å². The van der Waals surface area contributed by atoms with Crippen molar-refractivity contribution in [3.63, 3.8) is 0 Å². The minimum absolute atomic E-state index is 0.0368. The minimum atomic E-state index is -0.694. The van der Waals surface area contributed by atoms with Crippen LogP contribution in [0.3, 0.4) is 0 Å². The number of likely N-dealkylation sites (tertiary alicyclic amines) is 1. The summed E-state index contributed by atoms with van der Waals surface area (Å²) >= 11 is 0. The van der Waals surface area contributed by atoms with Gasteiger partial charge in [0.05, 0.1) is 43.2 Å². The summed E-state index contributed by atoms with van der Waals surface area (Å²) in [5.74, 6) is 1.04. The van der Waals surface area contributed by atoms with Gasteiger partial charge in [0.1, 0.15) is 23.7 Å². The van der Waals surface area contributed by atoms with Crippen molar-refractivity contribution in [2.45, 2.75) is 89.9 Å². The number of fused-ring (bicyclic) bond motifs is 3. The first kappa shape index (κ1) is 39.3. The van der Waals surface area contributed by atoms with Crippen molar-refractivity contribution in [3.8, 4) is 22.4 Å². The first-order chi connectivity index (χ1) is 27.4. The average Bonchev–Trinajstić information content (AvgIpc) is 4.05. The van der Waals surface area contributed by atoms with Crippen LogP contribution in [0.25, 0.3) is 44.2 Å². The van der Waals surface area contributed by atoms with E-state index >= 15 is 0 Å². The molecular formula is C43H52N8O6. The molecule has 0 spiro atoms. The van der Waals surface area contributed by atoms with E-state index in [0.717, 1.165) is 87.9 Å². The molecule has 3 heterocycles. The molecule has 1 saturated heterocycles. The Morgan fingerprint density at radius 2 is 1.46 bits per heavy atom. The van der Waals surface area contributed by atoms with E-state index in [0.29, 0.717) is 6.54 Å². The molecule has 2 aromatic heterocycles. The second kappa shape index (κ2) is 16.7. The molecule has 2 fully saturated rings. The number of ether oxygens (including phenoxy) is 2. The first-order valence-electron chi connectivity index (χ1n) is 19.8. The van der Waals surface area contributed by atoms with Crippen LogP contribution in [0.1, 0.15) is 83.4 Å². The Hall–Kier alpha value is -5.92. The number of hydrogen-bond donors (Lipinski definition) is 5. The van der Waals surface area contributed by atoms with Gasteiger partial charge in [-0.3, -0.25) is 9.59 Å². The average molecular weight is 777 g/mol. The fourth-order valence-electron chi connectivity index (χ4n) is 8.32. The molecule has 2 aliphatic rings. The highest BCUT2D eigenvalue weighted by Crippen LogP contribution is 2.37. The number of alkyl carbamates (subject to hydrolysis) is 2. The van der Waals surface area contributed by atoms with Crippen LogP contribution in [0.5, 0.6) is 0 Å². The van der Waals surface area contributed by atoms with E-state index in [9.17, 15) is 19.2 Å². The van der Waals surface area contributed by atoms with Crippen molar-refractivity contribution in [2.75, 3.05) is 20.8 Å². The van der Waals surface area contributed by atoms with Crippen LogP contribution in [0.4, 0.5) is 9.59 Å². The molecular weight excluding hydrogens is 725 g/mol. The molecule has 14 nitrogen and oxygen atoms in total. The molecule has 0 radical (unpaired) electrons. The van der Waals surface area contributed by atoms with Crippen molar-refractivity contribution in [2.24, 2.45) is 11.8 Å². The van der Waals surface area contributed by atoms with Crippen LogP contribution in [-0.2, 0) is 19.1 Å². The summed E-state index contributed by atoms with van der Waals surface area (Å²) in [6, 6.07) is 17.2. The fraction of sp³-hybridized carbons (Fsp3) is 0.442. The summed E-state index contributed by atoms with van der Waals surface area (Å²) in [5.41, 5.74) is 5.81. The molecule has 5 aromatic rings. The molecule has 1 aliphatic carbocycles. The summed E-state index contributed by atoms with van der Waals surface area (Å²) in [4.78, 5) is 69.3. The van der Waals surface area contributed by atoms with E-state index in [-0.39, 0.29) is 41.7 Å². The lowest BCUT2D eigenvalue weighted by Crippen LogP contribution is -2.52. The van der Waals surface area contributed by atoms with Gasteiger partial charge >= 0.3 is 12.2 Å². The van der Waals surface area contributed by atoms with Gasteiger partial charge in [0.25, 0.3) is 0 Å². The molecule has 5 atom stereocenters. The second-order valence-corrected chi connectivity index (χ2v) is 15.8. The third-order valence-electron chi connectivity index (χ3n) is 11.5. The van der Waals surface area contributed by atoms with Crippen molar-refractivity contribution < 1.29 is 28.7 Å². The predicted molar refractivity (Wildman–Crippen MR) is 217 cm³/mol. The number of rotatable bonds is 11. The highest BCUT2D eigenvalue weighted by molar-refractivity contribution is 6.05. The Balaban J connectivity index is 1.05. The lowest BCUT2D eigenvalue weighted by molar-refractivity contribution is -0.135. The topological polar surface area (TPSA) is 183 Å². The quantitative estimate of drug-likeness (QED) is 0.0955. The maximum atomic E-state index is 13.7. The molecule has 7 rings (SSSR count). The van der Waals surface area contributed by atoms with Gasteiger partial charge in [-0.05, 0) is 71.7 Å².